The number of nitrogens with zero attached hydrogens (tertiary/aromatic N) is 2. The van der Waals surface area contributed by atoms with Gasteiger partial charge in [0.1, 0.15) is 6.33 Å². The highest BCUT2D eigenvalue weighted by Crippen LogP contribution is 2.05. The van der Waals surface area contributed by atoms with E-state index in [1.54, 1.807) is 0 Å². The van der Waals surface area contributed by atoms with Crippen LogP contribution in [0.3, 0.4) is 0 Å². The highest BCUT2D eigenvalue weighted by molar-refractivity contribution is 5.46. The van der Waals surface area contributed by atoms with Gasteiger partial charge in [0, 0.05) is 5.69 Å². The van der Waals surface area contributed by atoms with E-state index in [2.05, 4.69) is 46.8 Å². The molecule has 0 amide bonds. The van der Waals surface area contributed by atoms with Crippen LogP contribution in [0.2, 0.25) is 0 Å². The molecule has 2 aromatic rings. The lowest BCUT2D eigenvalue weighted by Gasteiger charge is -2.01. The maximum absolute atomic E-state index is 4.46. The molecule has 0 atom stereocenters. The zero-order chi connectivity index (χ0) is 11.7. The number of hydrogen-bond donors (Lipinski definition) is 0. The average molecular weight is 222 g/mol. The van der Waals surface area contributed by atoms with Crippen molar-refractivity contribution in [2.45, 2.75) is 13.3 Å². The second-order valence-electron chi connectivity index (χ2n) is 4.31. The van der Waals surface area contributed by atoms with Gasteiger partial charge in [-0.1, -0.05) is 35.9 Å². The molecule has 0 fully saturated rings. The quantitative estimate of drug-likeness (QED) is 0.719. The monoisotopic (exact) mass is 222 g/mol. The van der Waals surface area contributed by atoms with E-state index in [1.165, 1.54) is 10.9 Å². The summed E-state index contributed by atoms with van der Waals surface area (Å²) in [4.78, 5) is 4.46. The Bertz CT molecular complexity index is 675. The van der Waals surface area contributed by atoms with Gasteiger partial charge in [-0.3, -0.25) is 4.57 Å². The van der Waals surface area contributed by atoms with Gasteiger partial charge in [0.2, 0.25) is 0 Å². The molecule has 0 N–H and O–H groups in total. The Balaban J connectivity index is 2.23. The maximum Gasteiger partial charge on any atom is 0.100 e. The van der Waals surface area contributed by atoms with Crippen LogP contribution in [0.15, 0.2) is 48.3 Å². The van der Waals surface area contributed by atoms with E-state index < -0.39 is 0 Å². The molecule has 0 saturated heterocycles. The molecule has 1 aromatic carbocycles. The second-order valence-corrected chi connectivity index (χ2v) is 4.31. The highest BCUT2D eigenvalue weighted by atomic mass is 15.0. The smallest absolute Gasteiger partial charge is 0.100 e. The van der Waals surface area contributed by atoms with Crippen molar-refractivity contribution in [3.63, 3.8) is 0 Å². The van der Waals surface area contributed by atoms with Gasteiger partial charge in [-0.05, 0) is 31.6 Å². The number of rotatable bonds is 1. The van der Waals surface area contributed by atoms with Crippen molar-refractivity contribution in [1.29, 1.82) is 0 Å². The molecule has 0 radical (unpaired) electrons. The first-order chi connectivity index (χ1) is 8.34. The van der Waals surface area contributed by atoms with E-state index >= 15 is 0 Å². The van der Waals surface area contributed by atoms with Crippen molar-refractivity contribution in [3.05, 3.63) is 59.0 Å². The summed E-state index contributed by atoms with van der Waals surface area (Å²) >= 11 is 0. The van der Waals surface area contributed by atoms with Crippen LogP contribution in [0.25, 0.3) is 17.8 Å². The lowest BCUT2D eigenvalue weighted by molar-refractivity contribution is 1.01. The molecule has 2 nitrogen and oxygen atoms in total. The summed E-state index contributed by atoms with van der Waals surface area (Å²) in [5.74, 6) is 0. The Morgan fingerprint density at radius 3 is 2.76 bits per heavy atom. The Kier molecular flexibility index (Phi) is 2.41. The Morgan fingerprint density at radius 1 is 1.12 bits per heavy atom. The van der Waals surface area contributed by atoms with Gasteiger partial charge < -0.3 is 0 Å². The summed E-state index contributed by atoms with van der Waals surface area (Å²) in [6.07, 6.45) is 9.35. The first kappa shape index (κ1) is 10.1. The molecule has 0 aliphatic heterocycles. The van der Waals surface area contributed by atoms with Crippen molar-refractivity contribution >= 4 is 12.2 Å². The van der Waals surface area contributed by atoms with Gasteiger partial charge in [0.25, 0.3) is 0 Å². The summed E-state index contributed by atoms with van der Waals surface area (Å²) in [7, 11) is 0. The molecular formula is C15H14N2. The molecule has 17 heavy (non-hydrogen) atoms. The van der Waals surface area contributed by atoms with Crippen LogP contribution < -0.4 is 10.7 Å². The van der Waals surface area contributed by atoms with E-state index in [0.717, 1.165) is 17.5 Å². The molecule has 2 heteroatoms. The van der Waals surface area contributed by atoms with Crippen LogP contribution >= 0.6 is 0 Å². The molecular weight excluding hydrogens is 208 g/mol. The SMILES string of the molecule is CC1=CC=c2ncn(-c3ccccc3)c2=CC1. The zero-order valence-corrected chi connectivity index (χ0v) is 9.80. The fraction of sp³-hybridized carbons (Fsp3) is 0.133. The minimum atomic E-state index is 0.988. The summed E-state index contributed by atoms with van der Waals surface area (Å²) in [5.41, 5.74) is 2.52. The lowest BCUT2D eigenvalue weighted by atomic mass is 10.2. The van der Waals surface area contributed by atoms with Crippen molar-refractivity contribution in [2.75, 3.05) is 0 Å². The number of fused-ring (bicyclic) bond motifs is 1. The Labute approximate surface area is 100 Å². The first-order valence-electron chi connectivity index (χ1n) is 5.81. The summed E-state index contributed by atoms with van der Waals surface area (Å²) in [6, 6.07) is 10.3. The molecule has 0 bridgehead atoms. The molecule has 3 rings (SSSR count). The minimum absolute atomic E-state index is 0.988. The predicted octanol–water partition coefficient (Wildman–Crippen LogP) is 1.78. The van der Waals surface area contributed by atoms with Gasteiger partial charge in [-0.15, -0.1) is 0 Å². The fourth-order valence-corrected chi connectivity index (χ4v) is 2.04. The zero-order valence-electron chi connectivity index (χ0n) is 9.80. The van der Waals surface area contributed by atoms with Gasteiger partial charge >= 0.3 is 0 Å². The van der Waals surface area contributed by atoms with E-state index in [0.29, 0.717) is 0 Å². The standard InChI is InChI=1S/C15H14N2/c1-12-7-9-14-15(10-8-12)17(11-16-14)13-5-3-2-4-6-13/h2-7,9-11H,8H2,1H3. The van der Waals surface area contributed by atoms with Gasteiger partial charge in [-0.25, -0.2) is 4.98 Å². The Morgan fingerprint density at radius 2 is 1.94 bits per heavy atom. The van der Waals surface area contributed by atoms with Crippen LogP contribution in [0.5, 0.6) is 0 Å². The topological polar surface area (TPSA) is 17.8 Å². The van der Waals surface area contributed by atoms with Gasteiger partial charge in [0.15, 0.2) is 0 Å². The highest BCUT2D eigenvalue weighted by Gasteiger charge is 2.01. The fourth-order valence-electron chi connectivity index (χ4n) is 2.04. The van der Waals surface area contributed by atoms with Crippen molar-refractivity contribution in [3.8, 4) is 5.69 Å². The average Bonchev–Trinajstić information content (AvgIpc) is 2.69. The van der Waals surface area contributed by atoms with Crippen LogP contribution in [-0.2, 0) is 0 Å². The van der Waals surface area contributed by atoms with Crippen LogP contribution in [0, 0.1) is 0 Å². The largest absolute Gasteiger partial charge is 0.299 e. The molecule has 0 saturated carbocycles. The normalized spacial score (nSPS) is 14.1. The number of para-hydroxylation sites is 1. The van der Waals surface area contributed by atoms with E-state index in [4.69, 9.17) is 0 Å². The Hall–Kier alpha value is -2.09. The molecule has 1 heterocycles. The number of imidazole rings is 1. The third-order valence-corrected chi connectivity index (χ3v) is 3.01. The third kappa shape index (κ3) is 1.82. The molecule has 1 aromatic heterocycles. The molecule has 0 spiro atoms. The third-order valence-electron chi connectivity index (χ3n) is 3.01. The number of hydrogen-bond acceptors (Lipinski definition) is 1. The lowest BCUT2D eigenvalue weighted by Crippen LogP contribution is -2.28. The van der Waals surface area contributed by atoms with Gasteiger partial charge in [0.05, 0.1) is 10.7 Å². The van der Waals surface area contributed by atoms with Crippen molar-refractivity contribution in [2.24, 2.45) is 0 Å². The summed E-state index contributed by atoms with van der Waals surface area (Å²) in [5, 5.41) is 2.23. The second kappa shape index (κ2) is 4.06. The van der Waals surface area contributed by atoms with Gasteiger partial charge in [-0.2, -0.15) is 0 Å². The van der Waals surface area contributed by atoms with Crippen LogP contribution in [-0.4, -0.2) is 9.55 Å². The summed E-state index contributed by atoms with van der Waals surface area (Å²) in [6.45, 7) is 2.14. The molecule has 0 unspecified atom stereocenters. The predicted molar refractivity (Wildman–Crippen MR) is 70.1 cm³/mol. The first-order valence-corrected chi connectivity index (χ1v) is 5.81. The van der Waals surface area contributed by atoms with E-state index in [1.807, 2.05) is 24.5 Å². The molecule has 1 aliphatic carbocycles. The molecule has 84 valence electrons. The van der Waals surface area contributed by atoms with E-state index in [9.17, 15) is 0 Å². The number of aromatic nitrogens is 2. The van der Waals surface area contributed by atoms with E-state index in [-0.39, 0.29) is 0 Å². The maximum atomic E-state index is 4.46. The molecule has 1 aliphatic rings. The summed E-state index contributed by atoms with van der Waals surface area (Å²) < 4.78 is 2.14. The van der Waals surface area contributed by atoms with Crippen molar-refractivity contribution < 1.29 is 0 Å². The van der Waals surface area contributed by atoms with Crippen molar-refractivity contribution in [1.82, 2.24) is 9.55 Å². The number of allylic oxidation sites excluding steroid dienone is 2. The van der Waals surface area contributed by atoms with Crippen LogP contribution in [0.4, 0.5) is 0 Å². The van der Waals surface area contributed by atoms with Crippen LogP contribution in [0.1, 0.15) is 13.3 Å². The number of benzene rings is 1. The minimum Gasteiger partial charge on any atom is -0.299 e.